The molecule has 134 valence electrons. The Kier molecular flexibility index (Phi) is 5.52. The number of amides is 1. The Labute approximate surface area is 147 Å². The highest BCUT2D eigenvalue weighted by Gasteiger charge is 2.30. The molecule has 0 bridgehead atoms. The third kappa shape index (κ3) is 4.77. The molecule has 0 radical (unpaired) electrons. The zero-order valence-electron chi connectivity index (χ0n) is 13.7. The van der Waals surface area contributed by atoms with Crippen LogP contribution in [0, 0.1) is 18.3 Å². The summed E-state index contributed by atoms with van der Waals surface area (Å²) in [6.07, 6.45) is -3.39. The number of nitrogens with two attached hydrogens (primary N) is 1. The van der Waals surface area contributed by atoms with Crippen LogP contribution < -0.4 is 16.4 Å². The Bertz CT molecular complexity index is 898. The van der Waals surface area contributed by atoms with Gasteiger partial charge in [0.1, 0.15) is 11.6 Å². The van der Waals surface area contributed by atoms with E-state index in [4.69, 9.17) is 11.0 Å². The number of nitrogens with zero attached hydrogens (tertiary/aromatic N) is 1. The zero-order valence-corrected chi connectivity index (χ0v) is 13.7. The molecule has 0 aliphatic heterocycles. The first-order chi connectivity index (χ1) is 12.2. The van der Waals surface area contributed by atoms with Crippen molar-refractivity contribution in [3.63, 3.8) is 0 Å². The number of nitrogens with one attached hydrogen (secondary N) is 2. The second-order valence-corrected chi connectivity index (χ2v) is 5.44. The lowest BCUT2D eigenvalue weighted by Gasteiger charge is -2.10. The van der Waals surface area contributed by atoms with E-state index in [0.29, 0.717) is 11.4 Å². The molecule has 0 heterocycles. The maximum atomic E-state index is 12.7. The number of nitrogen functional groups attached to an aromatic ring is 1. The van der Waals surface area contributed by atoms with Gasteiger partial charge in [0.15, 0.2) is 0 Å². The minimum atomic E-state index is -4.53. The van der Waals surface area contributed by atoms with E-state index in [1.807, 2.05) is 6.92 Å². The fraction of sp³-hybridized carbons (Fsp3) is 0.111. The van der Waals surface area contributed by atoms with Gasteiger partial charge in [-0.25, -0.2) is 0 Å². The van der Waals surface area contributed by atoms with Gasteiger partial charge in [-0.2, -0.15) is 18.4 Å². The minimum absolute atomic E-state index is 0.0687. The summed E-state index contributed by atoms with van der Waals surface area (Å²) < 4.78 is 38.1. The van der Waals surface area contributed by atoms with Crippen molar-refractivity contribution in [3.8, 4) is 6.07 Å². The highest BCUT2D eigenvalue weighted by atomic mass is 19.4. The summed E-state index contributed by atoms with van der Waals surface area (Å²) in [6, 6.07) is 11.0. The van der Waals surface area contributed by atoms with Crippen LogP contribution >= 0.6 is 0 Å². The molecule has 2 aromatic rings. The molecule has 0 fully saturated rings. The summed E-state index contributed by atoms with van der Waals surface area (Å²) in [6.45, 7) is 1.86. The van der Waals surface area contributed by atoms with E-state index in [-0.39, 0.29) is 11.3 Å². The Morgan fingerprint density at radius 1 is 1.23 bits per heavy atom. The molecule has 0 aliphatic rings. The van der Waals surface area contributed by atoms with E-state index in [1.165, 1.54) is 12.1 Å². The highest BCUT2D eigenvalue weighted by molar-refractivity contribution is 6.06. The quantitative estimate of drug-likeness (QED) is 0.436. The van der Waals surface area contributed by atoms with Crippen molar-refractivity contribution in [2.45, 2.75) is 13.1 Å². The van der Waals surface area contributed by atoms with Crippen LogP contribution in [-0.4, -0.2) is 5.91 Å². The molecular weight excluding hydrogens is 345 g/mol. The van der Waals surface area contributed by atoms with Crippen molar-refractivity contribution in [3.05, 3.63) is 65.4 Å². The molecule has 5 nitrogen and oxygen atoms in total. The van der Waals surface area contributed by atoms with Gasteiger partial charge >= 0.3 is 6.18 Å². The molecular formula is C18H15F3N4O. The first kappa shape index (κ1) is 18.9. The van der Waals surface area contributed by atoms with E-state index in [2.05, 4.69) is 10.6 Å². The first-order valence-corrected chi connectivity index (χ1v) is 7.42. The molecule has 2 aromatic carbocycles. The fourth-order valence-electron chi connectivity index (χ4n) is 2.08. The fourth-order valence-corrected chi connectivity index (χ4v) is 2.08. The second kappa shape index (κ2) is 7.61. The van der Waals surface area contributed by atoms with Crippen molar-refractivity contribution in [2.75, 3.05) is 16.4 Å². The summed E-state index contributed by atoms with van der Waals surface area (Å²) in [5.74, 6) is -0.843. The van der Waals surface area contributed by atoms with Gasteiger partial charge in [-0.05, 0) is 42.8 Å². The molecule has 0 aliphatic carbocycles. The van der Waals surface area contributed by atoms with Gasteiger partial charge in [0.2, 0.25) is 0 Å². The Morgan fingerprint density at radius 2 is 1.96 bits per heavy atom. The first-order valence-electron chi connectivity index (χ1n) is 7.42. The molecule has 1 amide bonds. The van der Waals surface area contributed by atoms with Crippen LogP contribution in [0.15, 0.2) is 54.2 Å². The van der Waals surface area contributed by atoms with Crippen LogP contribution in [-0.2, 0) is 11.0 Å². The molecule has 0 aromatic heterocycles. The number of carbonyl (C=O) groups is 1. The van der Waals surface area contributed by atoms with Gasteiger partial charge in [-0.3, -0.25) is 4.79 Å². The molecule has 0 saturated heterocycles. The van der Waals surface area contributed by atoms with E-state index < -0.39 is 17.6 Å². The van der Waals surface area contributed by atoms with Gasteiger partial charge in [0, 0.05) is 11.9 Å². The number of alkyl halides is 3. The maximum absolute atomic E-state index is 12.7. The van der Waals surface area contributed by atoms with Gasteiger partial charge < -0.3 is 16.4 Å². The number of rotatable bonds is 4. The highest BCUT2D eigenvalue weighted by Crippen LogP contribution is 2.30. The normalized spacial score (nSPS) is 11.6. The van der Waals surface area contributed by atoms with E-state index in [1.54, 1.807) is 24.3 Å². The summed E-state index contributed by atoms with van der Waals surface area (Å²) >= 11 is 0. The zero-order chi connectivity index (χ0) is 19.3. The van der Waals surface area contributed by atoms with E-state index in [9.17, 15) is 18.0 Å². The lowest BCUT2D eigenvalue weighted by Crippen LogP contribution is -2.15. The van der Waals surface area contributed by atoms with Crippen LogP contribution in [0.1, 0.15) is 11.1 Å². The maximum Gasteiger partial charge on any atom is 0.416 e. The van der Waals surface area contributed by atoms with Gasteiger partial charge in [0.05, 0.1) is 16.9 Å². The largest absolute Gasteiger partial charge is 0.416 e. The minimum Gasteiger partial charge on any atom is -0.397 e. The van der Waals surface area contributed by atoms with Gasteiger partial charge in [0.25, 0.3) is 5.91 Å². The number of benzene rings is 2. The molecule has 0 spiro atoms. The SMILES string of the molecule is Cc1ccc(N/C=C(/C#N)C(=O)Nc2cccc(C(F)(F)F)c2)c(N)c1. The number of aryl methyl sites for hydroxylation is 1. The lowest BCUT2D eigenvalue weighted by atomic mass is 10.2. The Morgan fingerprint density at radius 3 is 2.58 bits per heavy atom. The average molecular weight is 360 g/mol. The Hall–Kier alpha value is -3.47. The molecule has 0 atom stereocenters. The predicted molar refractivity (Wildman–Crippen MR) is 93.0 cm³/mol. The molecule has 0 saturated carbocycles. The van der Waals surface area contributed by atoms with Crippen molar-refractivity contribution < 1.29 is 18.0 Å². The topological polar surface area (TPSA) is 90.9 Å². The third-order valence-corrected chi connectivity index (χ3v) is 3.39. The number of halogens is 3. The number of carbonyl (C=O) groups excluding carboxylic acids is 1. The van der Waals surface area contributed by atoms with E-state index in [0.717, 1.165) is 23.9 Å². The number of hydrogen-bond donors (Lipinski definition) is 3. The summed E-state index contributed by atoms with van der Waals surface area (Å²) in [7, 11) is 0. The standard InChI is InChI=1S/C18H15F3N4O/c1-11-5-6-16(15(23)7-11)24-10-12(9-22)17(26)25-14-4-2-3-13(8-14)18(19,20)21/h2-8,10,24H,23H2,1H3,(H,25,26)/b12-10-. The molecule has 2 rings (SSSR count). The lowest BCUT2D eigenvalue weighted by molar-refractivity contribution is -0.137. The molecule has 26 heavy (non-hydrogen) atoms. The molecule has 8 heteroatoms. The third-order valence-electron chi connectivity index (χ3n) is 3.39. The Balaban J connectivity index is 2.15. The van der Waals surface area contributed by atoms with Crippen LogP contribution in [0.5, 0.6) is 0 Å². The van der Waals surface area contributed by atoms with Crippen molar-refractivity contribution in [2.24, 2.45) is 0 Å². The number of nitriles is 1. The average Bonchev–Trinajstić information content (AvgIpc) is 2.56. The predicted octanol–water partition coefficient (Wildman–Crippen LogP) is 4.05. The van der Waals surface area contributed by atoms with Crippen molar-refractivity contribution in [1.82, 2.24) is 0 Å². The van der Waals surface area contributed by atoms with Gasteiger partial charge in [-0.15, -0.1) is 0 Å². The van der Waals surface area contributed by atoms with Gasteiger partial charge in [-0.1, -0.05) is 12.1 Å². The van der Waals surface area contributed by atoms with Crippen molar-refractivity contribution in [1.29, 1.82) is 5.26 Å². The van der Waals surface area contributed by atoms with Crippen LogP contribution in [0.4, 0.5) is 30.2 Å². The van der Waals surface area contributed by atoms with Crippen LogP contribution in [0.2, 0.25) is 0 Å². The molecule has 0 unspecified atom stereocenters. The van der Waals surface area contributed by atoms with Crippen molar-refractivity contribution >= 4 is 23.0 Å². The number of hydrogen-bond acceptors (Lipinski definition) is 4. The second-order valence-electron chi connectivity index (χ2n) is 5.44. The smallest absolute Gasteiger partial charge is 0.397 e. The van der Waals surface area contributed by atoms with Crippen LogP contribution in [0.3, 0.4) is 0 Å². The van der Waals surface area contributed by atoms with E-state index >= 15 is 0 Å². The number of anilines is 3. The summed E-state index contributed by atoms with van der Waals surface area (Å²) in [5.41, 5.74) is 6.41. The summed E-state index contributed by atoms with van der Waals surface area (Å²) in [5, 5.41) is 14.1. The summed E-state index contributed by atoms with van der Waals surface area (Å²) in [4.78, 5) is 12.1. The monoisotopic (exact) mass is 360 g/mol. The van der Waals surface area contributed by atoms with Crippen LogP contribution in [0.25, 0.3) is 0 Å². The molecule has 4 N–H and O–H groups in total.